The highest BCUT2D eigenvalue weighted by Gasteiger charge is 2.13. The van der Waals surface area contributed by atoms with Gasteiger partial charge in [0.25, 0.3) is 0 Å². The minimum Gasteiger partial charge on any atom is -0.300 e. The van der Waals surface area contributed by atoms with Crippen LogP contribution in [-0.4, -0.2) is 16.1 Å². The largest absolute Gasteiger partial charge is 0.300 e. The zero-order valence-electron chi connectivity index (χ0n) is 10.3. The molecule has 1 aromatic heterocycles. The van der Waals surface area contributed by atoms with Crippen LogP contribution in [0.3, 0.4) is 0 Å². The minimum atomic E-state index is 0.0229. The molecule has 0 aliphatic carbocycles. The summed E-state index contributed by atoms with van der Waals surface area (Å²) < 4.78 is 0. The summed E-state index contributed by atoms with van der Waals surface area (Å²) in [5.41, 5.74) is 0. The third-order valence-electron chi connectivity index (χ3n) is 2.34. The molecule has 0 aliphatic heterocycles. The number of carbonyl (C=O) groups excluding carboxylic acids is 1. The standard InChI is InChI=1S/C11H19N3OS/c1-5-8(4)10(15)12-11-14-13-9(16-11)6-7(2)3/h7-8H,5-6H2,1-4H3,(H,12,14,15)/t8-/m1/s1. The molecule has 1 amide bonds. The van der Waals surface area contributed by atoms with Gasteiger partial charge in [0, 0.05) is 12.3 Å². The summed E-state index contributed by atoms with van der Waals surface area (Å²) in [6.45, 7) is 8.18. The number of hydrogen-bond acceptors (Lipinski definition) is 4. The van der Waals surface area contributed by atoms with Gasteiger partial charge in [-0.15, -0.1) is 10.2 Å². The van der Waals surface area contributed by atoms with Crippen molar-refractivity contribution in [2.45, 2.75) is 40.5 Å². The summed E-state index contributed by atoms with van der Waals surface area (Å²) >= 11 is 1.46. The van der Waals surface area contributed by atoms with Crippen LogP contribution >= 0.6 is 11.3 Å². The van der Waals surface area contributed by atoms with Gasteiger partial charge in [-0.05, 0) is 12.3 Å². The molecule has 0 aliphatic rings. The number of nitrogens with zero attached hydrogens (tertiary/aromatic N) is 2. The van der Waals surface area contributed by atoms with E-state index in [-0.39, 0.29) is 11.8 Å². The second-order valence-electron chi connectivity index (χ2n) is 4.40. The first-order valence-corrected chi connectivity index (χ1v) is 6.47. The number of anilines is 1. The van der Waals surface area contributed by atoms with Gasteiger partial charge in [-0.2, -0.15) is 0 Å². The molecule has 0 bridgehead atoms. The number of nitrogens with one attached hydrogen (secondary N) is 1. The predicted octanol–water partition coefficient (Wildman–Crippen LogP) is 2.72. The minimum absolute atomic E-state index is 0.0229. The lowest BCUT2D eigenvalue weighted by Crippen LogP contribution is -2.19. The third kappa shape index (κ3) is 3.89. The lowest BCUT2D eigenvalue weighted by molar-refractivity contribution is -0.119. The fraction of sp³-hybridized carbons (Fsp3) is 0.727. The molecule has 0 fully saturated rings. The van der Waals surface area contributed by atoms with Gasteiger partial charge in [-0.1, -0.05) is 39.0 Å². The molecular weight excluding hydrogens is 222 g/mol. The SMILES string of the molecule is CC[C@@H](C)C(=O)Nc1nnc(CC(C)C)s1. The monoisotopic (exact) mass is 241 g/mol. The molecule has 1 heterocycles. The zero-order chi connectivity index (χ0) is 12.1. The number of carbonyl (C=O) groups is 1. The van der Waals surface area contributed by atoms with E-state index in [0.717, 1.165) is 17.8 Å². The highest BCUT2D eigenvalue weighted by atomic mass is 32.1. The average Bonchev–Trinajstić information content (AvgIpc) is 2.63. The molecule has 0 saturated carbocycles. The molecule has 5 heteroatoms. The maximum atomic E-state index is 11.6. The van der Waals surface area contributed by atoms with Crippen LogP contribution in [0.2, 0.25) is 0 Å². The molecule has 1 N–H and O–H groups in total. The summed E-state index contributed by atoms with van der Waals surface area (Å²) in [6.07, 6.45) is 1.75. The first-order valence-electron chi connectivity index (χ1n) is 5.66. The zero-order valence-corrected chi connectivity index (χ0v) is 11.1. The van der Waals surface area contributed by atoms with Gasteiger partial charge in [-0.25, -0.2) is 0 Å². The Morgan fingerprint density at radius 3 is 2.62 bits per heavy atom. The lowest BCUT2D eigenvalue weighted by atomic mass is 10.1. The molecule has 0 aromatic carbocycles. The van der Waals surface area contributed by atoms with Crippen molar-refractivity contribution in [3.63, 3.8) is 0 Å². The van der Waals surface area contributed by atoms with E-state index in [4.69, 9.17) is 0 Å². The van der Waals surface area contributed by atoms with E-state index in [2.05, 4.69) is 29.4 Å². The molecule has 16 heavy (non-hydrogen) atoms. The highest BCUT2D eigenvalue weighted by Crippen LogP contribution is 2.19. The summed E-state index contributed by atoms with van der Waals surface area (Å²) in [7, 11) is 0. The molecule has 0 saturated heterocycles. The number of hydrogen-bond donors (Lipinski definition) is 1. The highest BCUT2D eigenvalue weighted by molar-refractivity contribution is 7.15. The van der Waals surface area contributed by atoms with Crippen molar-refractivity contribution < 1.29 is 4.79 Å². The van der Waals surface area contributed by atoms with E-state index in [9.17, 15) is 4.79 Å². The molecule has 0 radical (unpaired) electrons. The second kappa shape index (κ2) is 5.94. The second-order valence-corrected chi connectivity index (χ2v) is 5.46. The Bertz CT molecular complexity index is 349. The molecular formula is C11H19N3OS. The predicted molar refractivity (Wildman–Crippen MR) is 66.5 cm³/mol. The maximum Gasteiger partial charge on any atom is 0.229 e. The van der Waals surface area contributed by atoms with Gasteiger partial charge < -0.3 is 5.32 Å². The van der Waals surface area contributed by atoms with Crippen LogP contribution in [0.25, 0.3) is 0 Å². The van der Waals surface area contributed by atoms with Crippen LogP contribution in [0, 0.1) is 11.8 Å². The molecule has 0 spiro atoms. The fourth-order valence-corrected chi connectivity index (χ4v) is 2.10. The van der Waals surface area contributed by atoms with Gasteiger partial charge in [0.05, 0.1) is 0 Å². The molecule has 4 nitrogen and oxygen atoms in total. The Labute approximate surface area is 100 Å². The van der Waals surface area contributed by atoms with E-state index in [0.29, 0.717) is 11.0 Å². The van der Waals surface area contributed by atoms with Crippen LogP contribution in [0.5, 0.6) is 0 Å². The van der Waals surface area contributed by atoms with Crippen LogP contribution in [0.1, 0.15) is 39.1 Å². The van der Waals surface area contributed by atoms with Gasteiger partial charge in [0.1, 0.15) is 5.01 Å². The van der Waals surface area contributed by atoms with Crippen molar-refractivity contribution in [3.8, 4) is 0 Å². The third-order valence-corrected chi connectivity index (χ3v) is 3.20. The molecule has 0 unspecified atom stereocenters. The molecule has 1 rings (SSSR count). The smallest absolute Gasteiger partial charge is 0.229 e. The quantitative estimate of drug-likeness (QED) is 0.862. The van der Waals surface area contributed by atoms with Gasteiger partial charge >= 0.3 is 0 Å². The van der Waals surface area contributed by atoms with E-state index in [1.165, 1.54) is 11.3 Å². The van der Waals surface area contributed by atoms with Crippen LogP contribution in [-0.2, 0) is 11.2 Å². The first kappa shape index (κ1) is 13.1. The summed E-state index contributed by atoms with van der Waals surface area (Å²) in [5, 5.41) is 12.4. The molecule has 1 aromatic rings. The van der Waals surface area contributed by atoms with Crippen LogP contribution < -0.4 is 5.32 Å². The Balaban J connectivity index is 2.55. The normalized spacial score (nSPS) is 12.8. The van der Waals surface area contributed by atoms with Crippen molar-refractivity contribution in [1.82, 2.24) is 10.2 Å². The maximum absolute atomic E-state index is 11.6. The fourth-order valence-electron chi connectivity index (χ4n) is 1.15. The first-order chi connectivity index (χ1) is 7.52. The van der Waals surface area contributed by atoms with Crippen molar-refractivity contribution in [3.05, 3.63) is 5.01 Å². The lowest BCUT2D eigenvalue weighted by Gasteiger charge is -2.06. The Hall–Kier alpha value is -0.970. The van der Waals surface area contributed by atoms with Crippen molar-refractivity contribution in [2.24, 2.45) is 11.8 Å². The van der Waals surface area contributed by atoms with Crippen molar-refractivity contribution >= 4 is 22.4 Å². The van der Waals surface area contributed by atoms with E-state index < -0.39 is 0 Å². The van der Waals surface area contributed by atoms with Crippen molar-refractivity contribution in [2.75, 3.05) is 5.32 Å². The summed E-state index contributed by atoms with van der Waals surface area (Å²) in [4.78, 5) is 11.6. The van der Waals surface area contributed by atoms with Crippen molar-refractivity contribution in [1.29, 1.82) is 0 Å². The number of aromatic nitrogens is 2. The van der Waals surface area contributed by atoms with E-state index in [1.54, 1.807) is 0 Å². The van der Waals surface area contributed by atoms with Crippen LogP contribution in [0.4, 0.5) is 5.13 Å². The van der Waals surface area contributed by atoms with Gasteiger partial charge in [0.2, 0.25) is 11.0 Å². The van der Waals surface area contributed by atoms with E-state index in [1.807, 2.05) is 13.8 Å². The van der Waals surface area contributed by atoms with Crippen LogP contribution in [0.15, 0.2) is 0 Å². The number of amides is 1. The summed E-state index contributed by atoms with van der Waals surface area (Å²) in [5.74, 6) is 0.610. The average molecular weight is 241 g/mol. The van der Waals surface area contributed by atoms with E-state index >= 15 is 0 Å². The topological polar surface area (TPSA) is 54.9 Å². The summed E-state index contributed by atoms with van der Waals surface area (Å²) in [6, 6.07) is 0. The van der Waals surface area contributed by atoms with Gasteiger partial charge in [-0.3, -0.25) is 4.79 Å². The Morgan fingerprint density at radius 1 is 1.38 bits per heavy atom. The number of rotatable bonds is 5. The van der Waals surface area contributed by atoms with Gasteiger partial charge in [0.15, 0.2) is 0 Å². The Morgan fingerprint density at radius 2 is 2.06 bits per heavy atom. The molecule has 1 atom stereocenters. The molecule has 90 valence electrons. The Kier molecular flexibility index (Phi) is 4.86.